The first-order chi connectivity index (χ1) is 10.8. The highest BCUT2D eigenvalue weighted by Gasteiger charge is 2.22. The standard InChI is InChI=1S/C18H11NO2S/c20-17(14-7-4-10-21-14)16-13-6-1-2-8-15(13)22-18(16)12-5-3-9-19-11-12/h1-11H. The van der Waals surface area contributed by atoms with E-state index in [9.17, 15) is 4.79 Å². The van der Waals surface area contributed by atoms with Gasteiger partial charge >= 0.3 is 0 Å². The molecule has 0 aliphatic heterocycles. The fourth-order valence-electron chi connectivity index (χ4n) is 2.50. The van der Waals surface area contributed by atoms with E-state index in [1.807, 2.05) is 36.4 Å². The maximum absolute atomic E-state index is 12.9. The largest absolute Gasteiger partial charge is 0.461 e. The first-order valence-corrected chi connectivity index (χ1v) is 7.66. The van der Waals surface area contributed by atoms with Crippen LogP contribution in [0.2, 0.25) is 0 Å². The zero-order valence-corrected chi connectivity index (χ0v) is 12.3. The van der Waals surface area contributed by atoms with Crippen molar-refractivity contribution < 1.29 is 9.21 Å². The molecule has 1 aromatic carbocycles. The fourth-order valence-corrected chi connectivity index (χ4v) is 3.69. The first-order valence-electron chi connectivity index (χ1n) is 6.85. The van der Waals surface area contributed by atoms with E-state index in [0.29, 0.717) is 11.3 Å². The van der Waals surface area contributed by atoms with Crippen LogP contribution >= 0.6 is 11.3 Å². The molecule has 0 saturated carbocycles. The molecule has 0 spiro atoms. The topological polar surface area (TPSA) is 43.1 Å². The molecule has 0 saturated heterocycles. The Bertz CT molecular complexity index is 940. The van der Waals surface area contributed by atoms with Crippen molar-refractivity contribution in [2.45, 2.75) is 0 Å². The summed E-state index contributed by atoms with van der Waals surface area (Å²) in [6.45, 7) is 0. The molecule has 0 fully saturated rings. The number of carbonyl (C=O) groups excluding carboxylic acids is 1. The number of hydrogen-bond donors (Lipinski definition) is 0. The Hall–Kier alpha value is -2.72. The number of furan rings is 1. The maximum atomic E-state index is 12.9. The number of hydrogen-bond acceptors (Lipinski definition) is 4. The molecule has 3 heterocycles. The lowest BCUT2D eigenvalue weighted by molar-refractivity contribution is 0.101. The van der Waals surface area contributed by atoms with Crippen molar-refractivity contribution >= 4 is 27.2 Å². The zero-order valence-electron chi connectivity index (χ0n) is 11.5. The Morgan fingerprint density at radius 1 is 1.05 bits per heavy atom. The molecular weight excluding hydrogens is 294 g/mol. The van der Waals surface area contributed by atoms with Crippen molar-refractivity contribution in [2.24, 2.45) is 0 Å². The van der Waals surface area contributed by atoms with E-state index in [-0.39, 0.29) is 5.78 Å². The number of pyridine rings is 1. The van der Waals surface area contributed by atoms with Gasteiger partial charge in [-0.3, -0.25) is 9.78 Å². The summed E-state index contributed by atoms with van der Waals surface area (Å²) in [6.07, 6.45) is 5.03. The van der Waals surface area contributed by atoms with Gasteiger partial charge in [0, 0.05) is 32.9 Å². The summed E-state index contributed by atoms with van der Waals surface area (Å²) in [5.74, 6) is 0.259. The minimum Gasteiger partial charge on any atom is -0.461 e. The van der Waals surface area contributed by atoms with Gasteiger partial charge in [0.25, 0.3) is 0 Å². The quantitative estimate of drug-likeness (QED) is 0.511. The van der Waals surface area contributed by atoms with Crippen molar-refractivity contribution in [3.63, 3.8) is 0 Å². The van der Waals surface area contributed by atoms with E-state index >= 15 is 0 Å². The molecule has 0 aliphatic carbocycles. The summed E-state index contributed by atoms with van der Waals surface area (Å²) in [5, 5.41) is 0.952. The lowest BCUT2D eigenvalue weighted by Gasteiger charge is -2.02. The lowest BCUT2D eigenvalue weighted by atomic mass is 10.0. The Kier molecular flexibility index (Phi) is 3.09. The summed E-state index contributed by atoms with van der Waals surface area (Å²) < 4.78 is 6.38. The van der Waals surface area contributed by atoms with Gasteiger partial charge in [-0.2, -0.15) is 0 Å². The lowest BCUT2D eigenvalue weighted by Crippen LogP contribution is -2.00. The minimum atomic E-state index is -0.0960. The number of thiophene rings is 1. The van der Waals surface area contributed by atoms with E-state index in [1.165, 1.54) is 6.26 Å². The number of ketones is 1. The number of benzene rings is 1. The predicted molar refractivity (Wildman–Crippen MR) is 87.2 cm³/mol. The van der Waals surface area contributed by atoms with E-state index in [0.717, 1.165) is 20.5 Å². The van der Waals surface area contributed by atoms with Gasteiger partial charge in [0.1, 0.15) is 0 Å². The molecule has 3 aromatic heterocycles. The summed E-state index contributed by atoms with van der Waals surface area (Å²) in [6, 6.07) is 15.2. The van der Waals surface area contributed by atoms with Crippen LogP contribution in [0.15, 0.2) is 71.6 Å². The summed E-state index contributed by atoms with van der Waals surface area (Å²) >= 11 is 1.60. The van der Waals surface area contributed by atoms with Gasteiger partial charge in [0.2, 0.25) is 5.78 Å². The monoisotopic (exact) mass is 305 g/mol. The van der Waals surface area contributed by atoms with Crippen molar-refractivity contribution in [3.05, 3.63) is 78.5 Å². The maximum Gasteiger partial charge on any atom is 0.230 e. The minimum absolute atomic E-state index is 0.0960. The zero-order chi connectivity index (χ0) is 14.9. The van der Waals surface area contributed by atoms with Crippen LogP contribution in [0.1, 0.15) is 16.1 Å². The number of carbonyl (C=O) groups is 1. The summed E-state index contributed by atoms with van der Waals surface area (Å²) in [7, 11) is 0. The van der Waals surface area contributed by atoms with Crippen molar-refractivity contribution in [2.75, 3.05) is 0 Å². The van der Waals surface area contributed by atoms with Gasteiger partial charge in [-0.15, -0.1) is 11.3 Å². The van der Waals surface area contributed by atoms with Crippen LogP contribution in [0, 0.1) is 0 Å². The van der Waals surface area contributed by atoms with E-state index < -0.39 is 0 Å². The second kappa shape index (κ2) is 5.24. The molecule has 22 heavy (non-hydrogen) atoms. The second-order valence-corrected chi connectivity index (χ2v) is 5.90. The van der Waals surface area contributed by atoms with Crippen LogP contribution < -0.4 is 0 Å². The van der Waals surface area contributed by atoms with Gasteiger partial charge < -0.3 is 4.42 Å². The van der Waals surface area contributed by atoms with Crippen LogP contribution in [0.3, 0.4) is 0 Å². The van der Waals surface area contributed by atoms with Crippen molar-refractivity contribution in [1.29, 1.82) is 0 Å². The van der Waals surface area contributed by atoms with E-state index in [2.05, 4.69) is 4.98 Å². The number of aromatic nitrogens is 1. The highest BCUT2D eigenvalue weighted by molar-refractivity contribution is 7.22. The van der Waals surface area contributed by atoms with Crippen LogP contribution in [0.4, 0.5) is 0 Å². The van der Waals surface area contributed by atoms with Gasteiger partial charge in [0.15, 0.2) is 5.76 Å². The highest BCUT2D eigenvalue weighted by Crippen LogP contribution is 2.39. The van der Waals surface area contributed by atoms with Crippen LogP contribution in [0.5, 0.6) is 0 Å². The Balaban J connectivity index is 2.01. The molecule has 0 aliphatic rings. The van der Waals surface area contributed by atoms with Crippen LogP contribution in [-0.4, -0.2) is 10.8 Å². The third-order valence-electron chi connectivity index (χ3n) is 3.49. The molecule has 0 radical (unpaired) electrons. The van der Waals surface area contributed by atoms with E-state index in [1.54, 1.807) is 35.9 Å². The molecule has 0 atom stereocenters. The first kappa shape index (κ1) is 13.0. The summed E-state index contributed by atoms with van der Waals surface area (Å²) in [5.41, 5.74) is 1.63. The Morgan fingerprint density at radius 2 is 1.95 bits per heavy atom. The molecule has 4 heteroatoms. The van der Waals surface area contributed by atoms with Crippen LogP contribution in [0.25, 0.3) is 20.5 Å². The average molecular weight is 305 g/mol. The normalized spacial score (nSPS) is 10.9. The van der Waals surface area contributed by atoms with E-state index in [4.69, 9.17) is 4.42 Å². The molecule has 0 unspecified atom stereocenters. The SMILES string of the molecule is O=C(c1ccco1)c1c(-c2cccnc2)sc2ccccc12. The van der Waals surface area contributed by atoms with Gasteiger partial charge in [-0.25, -0.2) is 0 Å². The fraction of sp³-hybridized carbons (Fsp3) is 0. The average Bonchev–Trinajstić information content (AvgIpc) is 3.23. The third kappa shape index (κ3) is 2.05. The third-order valence-corrected chi connectivity index (χ3v) is 4.71. The molecule has 0 amide bonds. The summed E-state index contributed by atoms with van der Waals surface area (Å²) in [4.78, 5) is 18.0. The smallest absolute Gasteiger partial charge is 0.230 e. The van der Waals surface area contributed by atoms with Crippen molar-refractivity contribution in [3.8, 4) is 10.4 Å². The molecule has 0 N–H and O–H groups in total. The van der Waals surface area contributed by atoms with Crippen LogP contribution in [-0.2, 0) is 0 Å². The number of fused-ring (bicyclic) bond motifs is 1. The molecule has 106 valence electrons. The van der Waals surface area contributed by atoms with Gasteiger partial charge in [-0.1, -0.05) is 24.3 Å². The van der Waals surface area contributed by atoms with Crippen molar-refractivity contribution in [1.82, 2.24) is 4.98 Å². The molecule has 4 aromatic rings. The number of rotatable bonds is 3. The second-order valence-electron chi connectivity index (χ2n) is 4.85. The predicted octanol–water partition coefficient (Wildman–Crippen LogP) is 4.79. The van der Waals surface area contributed by atoms with Gasteiger partial charge in [-0.05, 0) is 24.3 Å². The molecule has 0 bridgehead atoms. The highest BCUT2D eigenvalue weighted by atomic mass is 32.1. The molecule has 3 nitrogen and oxygen atoms in total. The molecule has 4 rings (SSSR count). The number of nitrogens with zero attached hydrogens (tertiary/aromatic N) is 1. The molecular formula is C18H11NO2S. The Labute approximate surface area is 130 Å². The Morgan fingerprint density at radius 3 is 2.73 bits per heavy atom. The van der Waals surface area contributed by atoms with Gasteiger partial charge in [0.05, 0.1) is 11.8 Å².